The Balaban J connectivity index is 2.08. The van der Waals surface area contributed by atoms with Gasteiger partial charge in [0.05, 0.1) is 16.8 Å². The standard InChI is InChI=1S/C18H16F3NO/c1-12-6-4-7-13-8-5-11-22(16(12)13)17(23)14-9-2-3-10-15(14)18(19,20)21/h2-4,6-7,9-10H,5,8,11H2,1H3. The molecular weight excluding hydrogens is 303 g/mol. The molecule has 5 heteroatoms. The predicted octanol–water partition coefficient (Wildman–Crippen LogP) is 4.61. The molecule has 1 heterocycles. The van der Waals surface area contributed by atoms with Crippen LogP contribution in [0, 0.1) is 6.92 Å². The van der Waals surface area contributed by atoms with Crippen molar-refractivity contribution in [3.05, 3.63) is 64.7 Å². The zero-order valence-corrected chi connectivity index (χ0v) is 12.7. The maximum atomic E-state index is 13.2. The van der Waals surface area contributed by atoms with Crippen molar-refractivity contribution in [2.45, 2.75) is 25.9 Å². The molecule has 0 saturated carbocycles. The van der Waals surface area contributed by atoms with Crippen LogP contribution < -0.4 is 4.90 Å². The van der Waals surface area contributed by atoms with Crippen LogP contribution in [-0.4, -0.2) is 12.5 Å². The Labute approximate surface area is 132 Å². The fourth-order valence-electron chi connectivity index (χ4n) is 3.11. The maximum absolute atomic E-state index is 13.2. The van der Waals surface area contributed by atoms with Crippen molar-refractivity contribution >= 4 is 11.6 Å². The number of fused-ring (bicyclic) bond motifs is 1. The maximum Gasteiger partial charge on any atom is 0.417 e. The van der Waals surface area contributed by atoms with E-state index in [1.54, 1.807) is 0 Å². The number of alkyl halides is 3. The Morgan fingerprint density at radius 1 is 1.09 bits per heavy atom. The lowest BCUT2D eigenvalue weighted by Gasteiger charge is -2.31. The van der Waals surface area contributed by atoms with E-state index in [-0.39, 0.29) is 5.56 Å². The molecule has 2 nitrogen and oxygen atoms in total. The van der Waals surface area contributed by atoms with Gasteiger partial charge in [0.15, 0.2) is 0 Å². The van der Waals surface area contributed by atoms with Crippen LogP contribution in [0.2, 0.25) is 0 Å². The molecule has 1 amide bonds. The normalized spacial score (nSPS) is 14.5. The minimum atomic E-state index is -4.55. The van der Waals surface area contributed by atoms with Gasteiger partial charge in [-0.2, -0.15) is 13.2 Å². The molecular formula is C18H16F3NO. The average Bonchev–Trinajstić information content (AvgIpc) is 2.53. The summed E-state index contributed by atoms with van der Waals surface area (Å²) >= 11 is 0. The average molecular weight is 319 g/mol. The molecule has 0 saturated heterocycles. The van der Waals surface area contributed by atoms with Crippen molar-refractivity contribution in [3.8, 4) is 0 Å². The molecule has 0 radical (unpaired) electrons. The summed E-state index contributed by atoms with van der Waals surface area (Å²) in [7, 11) is 0. The number of halogens is 3. The van der Waals surface area contributed by atoms with Crippen LogP contribution in [0.1, 0.15) is 33.5 Å². The van der Waals surface area contributed by atoms with Gasteiger partial charge in [-0.15, -0.1) is 0 Å². The summed E-state index contributed by atoms with van der Waals surface area (Å²) in [6.07, 6.45) is -2.96. The van der Waals surface area contributed by atoms with E-state index < -0.39 is 17.6 Å². The topological polar surface area (TPSA) is 20.3 Å². The van der Waals surface area contributed by atoms with Crippen LogP contribution in [0.15, 0.2) is 42.5 Å². The summed E-state index contributed by atoms with van der Waals surface area (Å²) in [6, 6.07) is 10.7. The number of nitrogens with zero attached hydrogens (tertiary/aromatic N) is 1. The number of amides is 1. The molecule has 0 spiro atoms. The molecule has 23 heavy (non-hydrogen) atoms. The number of para-hydroxylation sites is 1. The first-order valence-electron chi connectivity index (χ1n) is 7.46. The molecule has 0 atom stereocenters. The van der Waals surface area contributed by atoms with Crippen LogP contribution in [0.5, 0.6) is 0 Å². The van der Waals surface area contributed by atoms with Gasteiger partial charge in [-0.1, -0.05) is 30.3 Å². The lowest BCUT2D eigenvalue weighted by molar-refractivity contribution is -0.137. The first-order valence-corrected chi connectivity index (χ1v) is 7.46. The summed E-state index contributed by atoms with van der Waals surface area (Å²) in [5.74, 6) is -0.590. The fourth-order valence-corrected chi connectivity index (χ4v) is 3.11. The number of carbonyl (C=O) groups excluding carboxylic acids is 1. The van der Waals surface area contributed by atoms with Crippen molar-refractivity contribution in [2.24, 2.45) is 0 Å². The van der Waals surface area contributed by atoms with Crippen molar-refractivity contribution in [1.29, 1.82) is 0 Å². The summed E-state index contributed by atoms with van der Waals surface area (Å²) in [4.78, 5) is 14.3. The summed E-state index contributed by atoms with van der Waals surface area (Å²) in [5.41, 5.74) is 1.48. The number of benzene rings is 2. The van der Waals surface area contributed by atoms with Crippen LogP contribution in [0.25, 0.3) is 0 Å². The number of anilines is 1. The first kappa shape index (κ1) is 15.6. The molecule has 3 rings (SSSR count). The monoisotopic (exact) mass is 319 g/mol. The quantitative estimate of drug-likeness (QED) is 0.752. The highest BCUT2D eigenvalue weighted by molar-refractivity contribution is 6.08. The summed E-state index contributed by atoms with van der Waals surface area (Å²) in [6.45, 7) is 2.31. The second-order valence-corrected chi connectivity index (χ2v) is 5.69. The van der Waals surface area contributed by atoms with Gasteiger partial charge in [-0.25, -0.2) is 0 Å². The molecule has 1 aliphatic heterocycles. The lowest BCUT2D eigenvalue weighted by atomic mass is 9.96. The van der Waals surface area contributed by atoms with Crippen molar-refractivity contribution < 1.29 is 18.0 Å². The Kier molecular flexibility index (Phi) is 3.88. The van der Waals surface area contributed by atoms with E-state index in [4.69, 9.17) is 0 Å². The highest BCUT2D eigenvalue weighted by atomic mass is 19.4. The van der Waals surface area contributed by atoms with Gasteiger partial charge in [-0.05, 0) is 43.0 Å². The molecule has 0 bridgehead atoms. The fraction of sp³-hybridized carbons (Fsp3) is 0.278. The molecule has 0 unspecified atom stereocenters. The minimum Gasteiger partial charge on any atom is -0.308 e. The van der Waals surface area contributed by atoms with Gasteiger partial charge in [0.1, 0.15) is 0 Å². The molecule has 2 aromatic carbocycles. The zero-order valence-electron chi connectivity index (χ0n) is 12.7. The molecule has 0 fully saturated rings. The summed E-state index contributed by atoms with van der Waals surface area (Å²) < 4.78 is 39.5. The predicted molar refractivity (Wildman–Crippen MR) is 82.6 cm³/mol. The van der Waals surface area contributed by atoms with Gasteiger partial charge in [0.25, 0.3) is 5.91 Å². The van der Waals surface area contributed by atoms with E-state index in [9.17, 15) is 18.0 Å². The molecule has 120 valence electrons. The van der Waals surface area contributed by atoms with E-state index in [1.165, 1.54) is 23.1 Å². The third-order valence-corrected chi connectivity index (χ3v) is 4.13. The number of hydrogen-bond acceptors (Lipinski definition) is 1. The minimum absolute atomic E-state index is 0.295. The smallest absolute Gasteiger partial charge is 0.308 e. The Bertz CT molecular complexity index is 752. The molecule has 1 aliphatic rings. The number of carbonyl (C=O) groups is 1. The van der Waals surface area contributed by atoms with E-state index in [1.807, 2.05) is 25.1 Å². The van der Waals surface area contributed by atoms with Crippen molar-refractivity contribution in [2.75, 3.05) is 11.4 Å². The third-order valence-electron chi connectivity index (χ3n) is 4.13. The van der Waals surface area contributed by atoms with Crippen molar-refractivity contribution in [1.82, 2.24) is 0 Å². The highest BCUT2D eigenvalue weighted by Gasteiger charge is 2.36. The second kappa shape index (κ2) is 5.72. The Morgan fingerprint density at radius 2 is 1.83 bits per heavy atom. The van der Waals surface area contributed by atoms with Gasteiger partial charge < -0.3 is 4.90 Å². The number of aryl methyl sites for hydroxylation is 2. The molecule has 2 aromatic rings. The van der Waals surface area contributed by atoms with Crippen LogP contribution >= 0.6 is 0 Å². The van der Waals surface area contributed by atoms with E-state index in [2.05, 4.69) is 0 Å². The van der Waals surface area contributed by atoms with Crippen LogP contribution in [0.3, 0.4) is 0 Å². The van der Waals surface area contributed by atoms with Gasteiger partial charge in [0.2, 0.25) is 0 Å². The zero-order chi connectivity index (χ0) is 16.6. The van der Waals surface area contributed by atoms with Crippen molar-refractivity contribution in [3.63, 3.8) is 0 Å². The molecule has 0 aliphatic carbocycles. The van der Waals surface area contributed by atoms with Gasteiger partial charge >= 0.3 is 6.18 Å². The van der Waals surface area contributed by atoms with Crippen LogP contribution in [-0.2, 0) is 12.6 Å². The summed E-state index contributed by atoms with van der Waals surface area (Å²) in [5, 5.41) is 0. The number of hydrogen-bond donors (Lipinski definition) is 0. The van der Waals surface area contributed by atoms with E-state index in [0.717, 1.165) is 35.7 Å². The highest BCUT2D eigenvalue weighted by Crippen LogP contribution is 2.35. The van der Waals surface area contributed by atoms with E-state index in [0.29, 0.717) is 6.54 Å². The lowest BCUT2D eigenvalue weighted by Crippen LogP contribution is -2.37. The third kappa shape index (κ3) is 2.83. The molecule has 0 aromatic heterocycles. The van der Waals surface area contributed by atoms with Crippen LogP contribution in [0.4, 0.5) is 18.9 Å². The first-order chi connectivity index (χ1) is 10.9. The Hall–Kier alpha value is -2.30. The second-order valence-electron chi connectivity index (χ2n) is 5.69. The SMILES string of the molecule is Cc1cccc2c1N(C(=O)c1ccccc1C(F)(F)F)CCC2. The largest absolute Gasteiger partial charge is 0.417 e. The van der Waals surface area contributed by atoms with Gasteiger partial charge in [0, 0.05) is 6.54 Å². The molecule has 0 N–H and O–H groups in total. The van der Waals surface area contributed by atoms with Gasteiger partial charge in [-0.3, -0.25) is 4.79 Å². The van der Waals surface area contributed by atoms with E-state index >= 15 is 0 Å². The number of rotatable bonds is 1. The Morgan fingerprint density at radius 3 is 2.57 bits per heavy atom.